The average molecular weight is 250 g/mol. The van der Waals surface area contributed by atoms with Gasteiger partial charge in [-0.15, -0.1) is 0 Å². The number of carbonyl (C=O) groups is 1. The van der Waals surface area contributed by atoms with Crippen LogP contribution in [0.3, 0.4) is 0 Å². The van der Waals surface area contributed by atoms with Gasteiger partial charge < -0.3 is 14.9 Å². The zero-order valence-corrected chi connectivity index (χ0v) is 10.4. The van der Waals surface area contributed by atoms with Crippen LogP contribution >= 0.6 is 0 Å². The number of aliphatic hydroxyl groups excluding tert-OH is 1. The van der Waals surface area contributed by atoms with Crippen molar-refractivity contribution in [2.24, 2.45) is 5.41 Å². The van der Waals surface area contributed by atoms with Crippen LogP contribution in [-0.4, -0.2) is 28.9 Å². The SMILES string of the molecule is CC1OCCC1(Cc1ccc(CO)cc1)C(=O)O. The van der Waals surface area contributed by atoms with Crippen LogP contribution in [0.25, 0.3) is 0 Å². The van der Waals surface area contributed by atoms with E-state index >= 15 is 0 Å². The zero-order chi connectivity index (χ0) is 13.2. The zero-order valence-electron chi connectivity index (χ0n) is 10.4. The van der Waals surface area contributed by atoms with Crippen LogP contribution in [0, 0.1) is 5.41 Å². The molecule has 2 rings (SSSR count). The number of aliphatic hydroxyl groups is 1. The fraction of sp³-hybridized carbons (Fsp3) is 0.500. The highest BCUT2D eigenvalue weighted by molar-refractivity contribution is 5.76. The molecule has 2 N–H and O–H groups in total. The second-order valence-corrected chi connectivity index (χ2v) is 4.88. The third-order valence-electron chi connectivity index (χ3n) is 3.85. The average Bonchev–Trinajstić information content (AvgIpc) is 2.73. The van der Waals surface area contributed by atoms with Crippen LogP contribution in [0.2, 0.25) is 0 Å². The molecule has 4 heteroatoms. The van der Waals surface area contributed by atoms with Gasteiger partial charge in [0, 0.05) is 6.61 Å². The van der Waals surface area contributed by atoms with Crippen LogP contribution in [0.15, 0.2) is 24.3 Å². The smallest absolute Gasteiger partial charge is 0.312 e. The summed E-state index contributed by atoms with van der Waals surface area (Å²) in [5.41, 5.74) is 0.978. The van der Waals surface area contributed by atoms with E-state index in [-0.39, 0.29) is 12.7 Å². The molecule has 1 heterocycles. The predicted octanol–water partition coefficient (Wildman–Crippen LogP) is 1.60. The van der Waals surface area contributed by atoms with E-state index in [0.29, 0.717) is 19.4 Å². The lowest BCUT2D eigenvalue weighted by Crippen LogP contribution is -2.39. The molecule has 2 atom stereocenters. The standard InChI is InChI=1S/C14H18O4/c1-10-14(13(16)17,6-7-18-10)8-11-2-4-12(9-15)5-3-11/h2-5,10,15H,6-9H2,1H3,(H,16,17). The summed E-state index contributed by atoms with van der Waals surface area (Å²) < 4.78 is 5.43. The van der Waals surface area contributed by atoms with Gasteiger partial charge in [-0.3, -0.25) is 4.79 Å². The van der Waals surface area contributed by atoms with E-state index in [2.05, 4.69) is 0 Å². The van der Waals surface area contributed by atoms with E-state index in [4.69, 9.17) is 9.84 Å². The molecule has 2 unspecified atom stereocenters. The monoisotopic (exact) mass is 250 g/mol. The maximum atomic E-state index is 11.5. The van der Waals surface area contributed by atoms with Gasteiger partial charge in [-0.1, -0.05) is 24.3 Å². The van der Waals surface area contributed by atoms with Gasteiger partial charge in [-0.2, -0.15) is 0 Å². The minimum Gasteiger partial charge on any atom is -0.481 e. The van der Waals surface area contributed by atoms with Crippen molar-refractivity contribution in [1.29, 1.82) is 0 Å². The second-order valence-electron chi connectivity index (χ2n) is 4.88. The third-order valence-corrected chi connectivity index (χ3v) is 3.85. The minimum atomic E-state index is -0.819. The van der Waals surface area contributed by atoms with Gasteiger partial charge in [0.15, 0.2) is 0 Å². The van der Waals surface area contributed by atoms with Gasteiger partial charge in [0.1, 0.15) is 0 Å². The Morgan fingerprint density at radius 2 is 2.00 bits per heavy atom. The molecule has 1 aliphatic heterocycles. The number of aliphatic carboxylic acids is 1. The maximum absolute atomic E-state index is 11.5. The molecule has 98 valence electrons. The highest BCUT2D eigenvalue weighted by Crippen LogP contribution is 2.38. The van der Waals surface area contributed by atoms with Gasteiger partial charge in [0.05, 0.1) is 18.1 Å². The summed E-state index contributed by atoms with van der Waals surface area (Å²) in [5, 5.41) is 18.5. The normalized spacial score (nSPS) is 27.3. The summed E-state index contributed by atoms with van der Waals surface area (Å²) in [6.07, 6.45) is 0.744. The van der Waals surface area contributed by atoms with Crippen LogP contribution in [0.5, 0.6) is 0 Å². The molecule has 1 fully saturated rings. The Balaban J connectivity index is 2.21. The lowest BCUT2D eigenvalue weighted by molar-refractivity contribution is -0.151. The molecule has 1 aromatic carbocycles. The molecule has 1 saturated heterocycles. The van der Waals surface area contributed by atoms with Gasteiger partial charge >= 0.3 is 5.97 Å². The molecule has 1 aliphatic rings. The Kier molecular flexibility index (Phi) is 3.68. The highest BCUT2D eigenvalue weighted by atomic mass is 16.5. The lowest BCUT2D eigenvalue weighted by Gasteiger charge is -2.27. The lowest BCUT2D eigenvalue weighted by atomic mass is 9.76. The molecule has 0 radical (unpaired) electrons. The summed E-state index contributed by atoms with van der Waals surface area (Å²) in [5.74, 6) is -0.793. The van der Waals surface area contributed by atoms with Crippen molar-refractivity contribution in [3.8, 4) is 0 Å². The molecule has 0 aliphatic carbocycles. The van der Waals surface area contributed by atoms with Crippen LogP contribution < -0.4 is 0 Å². The van der Waals surface area contributed by atoms with Crippen molar-refractivity contribution in [2.45, 2.75) is 32.5 Å². The Bertz CT molecular complexity index is 426. The van der Waals surface area contributed by atoms with Gasteiger partial charge in [-0.05, 0) is 30.9 Å². The van der Waals surface area contributed by atoms with E-state index in [1.807, 2.05) is 31.2 Å². The fourth-order valence-electron chi connectivity index (χ4n) is 2.50. The number of benzene rings is 1. The molecular weight excluding hydrogens is 232 g/mol. The number of hydrogen-bond donors (Lipinski definition) is 2. The first-order valence-corrected chi connectivity index (χ1v) is 6.12. The Labute approximate surface area is 106 Å². The molecule has 18 heavy (non-hydrogen) atoms. The minimum absolute atomic E-state index is 0.00384. The highest BCUT2D eigenvalue weighted by Gasteiger charge is 2.48. The molecule has 0 spiro atoms. The van der Waals surface area contributed by atoms with Crippen molar-refractivity contribution in [1.82, 2.24) is 0 Å². The Hall–Kier alpha value is -1.39. The maximum Gasteiger partial charge on any atom is 0.312 e. The van der Waals surface area contributed by atoms with Crippen molar-refractivity contribution in [3.05, 3.63) is 35.4 Å². The number of rotatable bonds is 4. The third kappa shape index (κ3) is 2.26. The fourth-order valence-corrected chi connectivity index (χ4v) is 2.50. The summed E-state index contributed by atoms with van der Waals surface area (Å²) in [4.78, 5) is 11.5. The first-order valence-electron chi connectivity index (χ1n) is 6.12. The quantitative estimate of drug-likeness (QED) is 0.851. The van der Waals surface area contributed by atoms with Crippen molar-refractivity contribution < 1.29 is 19.7 Å². The Morgan fingerprint density at radius 1 is 1.39 bits per heavy atom. The molecule has 1 aromatic rings. The predicted molar refractivity (Wildman–Crippen MR) is 66.2 cm³/mol. The topological polar surface area (TPSA) is 66.8 Å². The van der Waals surface area contributed by atoms with Gasteiger partial charge in [0.2, 0.25) is 0 Å². The Morgan fingerprint density at radius 3 is 2.44 bits per heavy atom. The number of carboxylic acid groups (broad SMARTS) is 1. The largest absolute Gasteiger partial charge is 0.481 e. The first kappa shape index (κ1) is 13.1. The number of hydrogen-bond acceptors (Lipinski definition) is 3. The summed E-state index contributed by atoms with van der Waals surface area (Å²) >= 11 is 0. The van der Waals surface area contributed by atoms with Gasteiger partial charge in [-0.25, -0.2) is 0 Å². The van der Waals surface area contributed by atoms with Crippen LogP contribution in [-0.2, 0) is 22.6 Å². The molecule has 0 saturated carbocycles. The van der Waals surface area contributed by atoms with Gasteiger partial charge in [0.25, 0.3) is 0 Å². The first-order chi connectivity index (χ1) is 8.58. The van der Waals surface area contributed by atoms with Crippen molar-refractivity contribution in [3.63, 3.8) is 0 Å². The van der Waals surface area contributed by atoms with Crippen LogP contribution in [0.1, 0.15) is 24.5 Å². The van der Waals surface area contributed by atoms with E-state index in [9.17, 15) is 9.90 Å². The van der Waals surface area contributed by atoms with E-state index in [1.165, 1.54) is 0 Å². The second kappa shape index (κ2) is 5.08. The molecule has 4 nitrogen and oxygen atoms in total. The van der Waals surface area contributed by atoms with Crippen LogP contribution in [0.4, 0.5) is 0 Å². The van der Waals surface area contributed by atoms with E-state index < -0.39 is 11.4 Å². The van der Waals surface area contributed by atoms with Crippen molar-refractivity contribution >= 4 is 5.97 Å². The molecule has 0 aromatic heterocycles. The summed E-state index contributed by atoms with van der Waals surface area (Å²) in [7, 11) is 0. The molecular formula is C14H18O4. The van der Waals surface area contributed by atoms with Crippen molar-refractivity contribution in [2.75, 3.05) is 6.61 Å². The molecule has 0 bridgehead atoms. The molecule has 0 amide bonds. The summed E-state index contributed by atoms with van der Waals surface area (Å²) in [6, 6.07) is 7.40. The summed E-state index contributed by atoms with van der Waals surface area (Å²) in [6.45, 7) is 2.33. The number of carboxylic acids is 1. The number of ether oxygens (including phenoxy) is 1. The van der Waals surface area contributed by atoms with E-state index in [0.717, 1.165) is 11.1 Å². The van der Waals surface area contributed by atoms with E-state index in [1.54, 1.807) is 0 Å².